The molecule has 0 unspecified atom stereocenters. The molecular weight excluding hydrogens is 348 g/mol. The maximum absolute atomic E-state index is 12.3. The first-order valence-corrected chi connectivity index (χ1v) is 9.53. The van der Waals surface area contributed by atoms with E-state index < -0.39 is 10.0 Å². The maximum Gasteiger partial charge on any atom is 0.243 e. The van der Waals surface area contributed by atoms with Gasteiger partial charge in [0.1, 0.15) is 4.90 Å². The smallest absolute Gasteiger partial charge is 0.243 e. The van der Waals surface area contributed by atoms with E-state index in [1.165, 1.54) is 24.2 Å². The van der Waals surface area contributed by atoms with Gasteiger partial charge in [-0.3, -0.25) is 0 Å². The van der Waals surface area contributed by atoms with Crippen LogP contribution in [0.25, 0.3) is 0 Å². The Bertz CT molecular complexity index is 589. The molecule has 0 spiro atoms. The predicted molar refractivity (Wildman–Crippen MR) is 79.8 cm³/mol. The average molecular weight is 365 g/mol. The second-order valence-corrected chi connectivity index (χ2v) is 9.78. The summed E-state index contributed by atoms with van der Waals surface area (Å²) in [7, 11) is -3.40. The van der Waals surface area contributed by atoms with Crippen molar-refractivity contribution in [1.82, 2.24) is 10.0 Å². The average Bonchev–Trinajstić information content (AvgIpc) is 3.20. The normalized spacial score (nSPS) is 21.6. The van der Waals surface area contributed by atoms with E-state index in [-0.39, 0.29) is 5.54 Å². The van der Waals surface area contributed by atoms with Crippen LogP contribution in [0.15, 0.2) is 14.7 Å². The molecule has 0 bridgehead atoms. The fraction of sp³-hybridized carbons (Fsp3) is 0.667. The van der Waals surface area contributed by atoms with Gasteiger partial charge in [-0.2, -0.15) is 0 Å². The quantitative estimate of drug-likeness (QED) is 0.815. The highest BCUT2D eigenvalue weighted by molar-refractivity contribution is 9.11. The lowest BCUT2D eigenvalue weighted by atomic mass is 10.4. The summed E-state index contributed by atoms with van der Waals surface area (Å²) in [6, 6.07) is 2.41. The number of hydrogen-bond donors (Lipinski definition) is 2. The molecule has 3 rings (SSSR count). The highest BCUT2D eigenvalue weighted by Gasteiger charge is 2.42. The molecule has 1 aromatic heterocycles. The molecule has 2 aliphatic carbocycles. The number of thiophene rings is 1. The van der Waals surface area contributed by atoms with Crippen molar-refractivity contribution in [2.75, 3.05) is 0 Å². The van der Waals surface area contributed by atoms with Crippen LogP contribution in [0.4, 0.5) is 0 Å². The predicted octanol–water partition coefficient (Wildman–Crippen LogP) is 2.59. The van der Waals surface area contributed by atoms with Gasteiger partial charge in [0.05, 0.1) is 3.79 Å². The molecule has 0 radical (unpaired) electrons. The number of hydrogen-bond acceptors (Lipinski definition) is 4. The topological polar surface area (TPSA) is 58.2 Å². The fourth-order valence-electron chi connectivity index (χ4n) is 1.87. The highest BCUT2D eigenvalue weighted by Crippen LogP contribution is 2.38. The molecule has 0 amide bonds. The minimum atomic E-state index is -3.40. The molecule has 2 saturated carbocycles. The summed E-state index contributed by atoms with van der Waals surface area (Å²) in [6.45, 7) is 2.70. The SMILES string of the molecule is CC1(NS(=O)(=O)c2cc(CNC3CC3)sc2Br)CC1. The molecule has 2 N–H and O–H groups in total. The van der Waals surface area contributed by atoms with Crippen molar-refractivity contribution in [2.24, 2.45) is 0 Å². The van der Waals surface area contributed by atoms with Crippen LogP contribution >= 0.6 is 27.3 Å². The van der Waals surface area contributed by atoms with Crippen LogP contribution < -0.4 is 10.0 Å². The summed E-state index contributed by atoms with van der Waals surface area (Å²) in [4.78, 5) is 1.43. The van der Waals surface area contributed by atoms with Gasteiger partial charge in [0, 0.05) is 23.0 Å². The molecule has 1 heterocycles. The molecule has 0 aliphatic heterocycles. The Balaban J connectivity index is 1.75. The number of rotatable bonds is 6. The Morgan fingerprint density at radius 3 is 2.74 bits per heavy atom. The van der Waals surface area contributed by atoms with Crippen LogP contribution in [-0.2, 0) is 16.6 Å². The van der Waals surface area contributed by atoms with E-state index in [0.717, 1.165) is 24.3 Å². The van der Waals surface area contributed by atoms with E-state index in [1.54, 1.807) is 6.07 Å². The minimum absolute atomic E-state index is 0.230. The molecule has 19 heavy (non-hydrogen) atoms. The minimum Gasteiger partial charge on any atom is -0.309 e. The summed E-state index contributed by atoms with van der Waals surface area (Å²) < 4.78 is 28.1. The third-order valence-electron chi connectivity index (χ3n) is 3.52. The van der Waals surface area contributed by atoms with E-state index >= 15 is 0 Å². The third-order valence-corrected chi connectivity index (χ3v) is 7.41. The van der Waals surface area contributed by atoms with Gasteiger partial charge < -0.3 is 5.32 Å². The van der Waals surface area contributed by atoms with Gasteiger partial charge in [0.15, 0.2) is 0 Å². The monoisotopic (exact) mass is 364 g/mol. The van der Waals surface area contributed by atoms with Gasteiger partial charge in [0.2, 0.25) is 10.0 Å². The molecule has 1 aromatic rings. The van der Waals surface area contributed by atoms with E-state index in [4.69, 9.17) is 0 Å². The van der Waals surface area contributed by atoms with Gasteiger partial charge in [-0.25, -0.2) is 13.1 Å². The lowest BCUT2D eigenvalue weighted by Crippen LogP contribution is -2.34. The lowest BCUT2D eigenvalue weighted by molar-refractivity contribution is 0.558. The fourth-order valence-corrected chi connectivity index (χ4v) is 5.97. The van der Waals surface area contributed by atoms with Crippen molar-refractivity contribution in [2.45, 2.75) is 55.6 Å². The number of nitrogens with one attached hydrogen (secondary N) is 2. The van der Waals surface area contributed by atoms with Crippen molar-refractivity contribution in [3.05, 3.63) is 14.7 Å². The lowest BCUT2D eigenvalue weighted by Gasteiger charge is -2.11. The molecular formula is C12H17BrN2O2S2. The molecule has 0 saturated heterocycles. The van der Waals surface area contributed by atoms with E-state index in [2.05, 4.69) is 26.0 Å². The summed E-state index contributed by atoms with van der Waals surface area (Å²) in [5.74, 6) is 0. The summed E-state index contributed by atoms with van der Waals surface area (Å²) in [6.07, 6.45) is 4.31. The zero-order chi connectivity index (χ0) is 13.7. The molecule has 2 fully saturated rings. The van der Waals surface area contributed by atoms with Crippen LogP contribution in [-0.4, -0.2) is 20.0 Å². The summed E-state index contributed by atoms with van der Waals surface area (Å²) in [5, 5.41) is 3.40. The summed E-state index contributed by atoms with van der Waals surface area (Å²) in [5.41, 5.74) is -0.230. The first kappa shape index (κ1) is 14.0. The standard InChI is InChI=1S/C12H17BrN2O2S2/c1-12(4-5-12)15-19(16,17)10-6-9(18-11(10)13)7-14-8-2-3-8/h6,8,14-15H,2-5,7H2,1H3. The first-order chi connectivity index (χ1) is 8.88. The van der Waals surface area contributed by atoms with Gasteiger partial charge >= 0.3 is 0 Å². The van der Waals surface area contributed by atoms with Gasteiger partial charge in [0.25, 0.3) is 0 Å². The molecule has 7 heteroatoms. The van der Waals surface area contributed by atoms with Crippen LogP contribution in [0.3, 0.4) is 0 Å². The highest BCUT2D eigenvalue weighted by atomic mass is 79.9. The molecule has 106 valence electrons. The van der Waals surface area contributed by atoms with Gasteiger partial charge in [-0.1, -0.05) is 0 Å². The Labute approximate surface area is 126 Å². The number of sulfonamides is 1. The van der Waals surface area contributed by atoms with E-state index in [9.17, 15) is 8.42 Å². The van der Waals surface area contributed by atoms with Crippen molar-refractivity contribution in [3.63, 3.8) is 0 Å². The molecule has 4 nitrogen and oxygen atoms in total. The zero-order valence-electron chi connectivity index (χ0n) is 10.7. The van der Waals surface area contributed by atoms with Crippen molar-refractivity contribution in [1.29, 1.82) is 0 Å². The van der Waals surface area contributed by atoms with E-state index in [0.29, 0.717) is 14.7 Å². The van der Waals surface area contributed by atoms with Crippen LogP contribution in [0.2, 0.25) is 0 Å². The Morgan fingerprint density at radius 2 is 2.16 bits per heavy atom. The maximum atomic E-state index is 12.3. The summed E-state index contributed by atoms with van der Waals surface area (Å²) >= 11 is 4.87. The van der Waals surface area contributed by atoms with Crippen LogP contribution in [0.5, 0.6) is 0 Å². The third kappa shape index (κ3) is 3.39. The zero-order valence-corrected chi connectivity index (χ0v) is 13.9. The second-order valence-electron chi connectivity index (χ2n) is 5.67. The number of halogens is 1. The van der Waals surface area contributed by atoms with Gasteiger partial charge in [-0.15, -0.1) is 11.3 Å². The van der Waals surface area contributed by atoms with Crippen LogP contribution in [0, 0.1) is 0 Å². The molecule has 0 aromatic carbocycles. The van der Waals surface area contributed by atoms with Crippen molar-refractivity contribution >= 4 is 37.3 Å². The van der Waals surface area contributed by atoms with E-state index in [1.807, 2.05) is 6.92 Å². The first-order valence-electron chi connectivity index (χ1n) is 6.44. The van der Waals surface area contributed by atoms with Gasteiger partial charge in [-0.05, 0) is 54.6 Å². The van der Waals surface area contributed by atoms with Crippen molar-refractivity contribution < 1.29 is 8.42 Å². The van der Waals surface area contributed by atoms with Crippen LogP contribution in [0.1, 0.15) is 37.5 Å². The molecule has 2 aliphatic rings. The Morgan fingerprint density at radius 1 is 1.47 bits per heavy atom. The van der Waals surface area contributed by atoms with Crippen molar-refractivity contribution in [3.8, 4) is 0 Å². The second kappa shape index (κ2) is 4.80. The molecule has 0 atom stereocenters. The largest absolute Gasteiger partial charge is 0.309 e. The Kier molecular flexibility index (Phi) is 3.54. The Hall–Kier alpha value is 0.0500.